The third-order valence-electron chi connectivity index (χ3n) is 4.71. The minimum Gasteiger partial charge on any atom is -0.494 e. The number of halogens is 1. The smallest absolute Gasteiger partial charge is 0.255 e. The van der Waals surface area contributed by atoms with Gasteiger partial charge in [0.15, 0.2) is 11.6 Å². The SMILES string of the molecule is COc1ccc(C(=O)Nc2ccc(CCC(=O)N3CCCC3)cc2)cc1F. The fourth-order valence-electron chi connectivity index (χ4n) is 3.14. The van der Waals surface area contributed by atoms with Crippen molar-refractivity contribution >= 4 is 17.5 Å². The van der Waals surface area contributed by atoms with E-state index in [-0.39, 0.29) is 17.2 Å². The van der Waals surface area contributed by atoms with Crippen molar-refractivity contribution in [3.05, 3.63) is 59.4 Å². The fraction of sp³-hybridized carbons (Fsp3) is 0.333. The van der Waals surface area contributed by atoms with Gasteiger partial charge in [-0.15, -0.1) is 0 Å². The van der Waals surface area contributed by atoms with E-state index in [9.17, 15) is 14.0 Å². The zero-order valence-electron chi connectivity index (χ0n) is 15.3. The lowest BCUT2D eigenvalue weighted by molar-refractivity contribution is -0.130. The lowest BCUT2D eigenvalue weighted by Gasteiger charge is -2.15. The van der Waals surface area contributed by atoms with Crippen LogP contribution in [-0.2, 0) is 11.2 Å². The van der Waals surface area contributed by atoms with Gasteiger partial charge in [-0.2, -0.15) is 0 Å². The summed E-state index contributed by atoms with van der Waals surface area (Å²) in [5.41, 5.74) is 1.87. The summed E-state index contributed by atoms with van der Waals surface area (Å²) in [6.45, 7) is 1.74. The van der Waals surface area contributed by atoms with E-state index in [1.54, 1.807) is 12.1 Å². The third kappa shape index (κ3) is 4.84. The van der Waals surface area contributed by atoms with Gasteiger partial charge in [0.2, 0.25) is 5.91 Å². The molecule has 1 N–H and O–H groups in total. The summed E-state index contributed by atoms with van der Waals surface area (Å²) in [7, 11) is 1.37. The summed E-state index contributed by atoms with van der Waals surface area (Å²) in [6.07, 6.45) is 3.36. The van der Waals surface area contributed by atoms with E-state index >= 15 is 0 Å². The van der Waals surface area contributed by atoms with E-state index in [1.165, 1.54) is 19.2 Å². The summed E-state index contributed by atoms with van der Waals surface area (Å²) in [4.78, 5) is 26.3. The van der Waals surface area contributed by atoms with Gasteiger partial charge in [0.05, 0.1) is 7.11 Å². The van der Waals surface area contributed by atoms with Crippen LogP contribution in [0, 0.1) is 5.82 Å². The Morgan fingerprint density at radius 3 is 2.44 bits per heavy atom. The molecule has 2 amide bonds. The number of hydrogen-bond donors (Lipinski definition) is 1. The van der Waals surface area contributed by atoms with Crippen molar-refractivity contribution in [1.29, 1.82) is 0 Å². The first-order valence-corrected chi connectivity index (χ1v) is 9.08. The van der Waals surface area contributed by atoms with Gasteiger partial charge in [-0.1, -0.05) is 12.1 Å². The molecule has 27 heavy (non-hydrogen) atoms. The number of carbonyl (C=O) groups is 2. The minimum absolute atomic E-state index is 0.0966. The Balaban J connectivity index is 1.54. The number of rotatable bonds is 6. The number of hydrogen-bond acceptors (Lipinski definition) is 3. The number of amides is 2. The first kappa shape index (κ1) is 18.9. The van der Waals surface area contributed by atoms with Crippen molar-refractivity contribution in [2.24, 2.45) is 0 Å². The van der Waals surface area contributed by atoms with Gasteiger partial charge in [0.1, 0.15) is 0 Å². The molecule has 0 aromatic heterocycles. The van der Waals surface area contributed by atoms with Gasteiger partial charge in [0, 0.05) is 30.8 Å². The summed E-state index contributed by atoms with van der Waals surface area (Å²) < 4.78 is 18.6. The molecule has 1 aliphatic heterocycles. The van der Waals surface area contributed by atoms with Crippen molar-refractivity contribution < 1.29 is 18.7 Å². The molecule has 6 heteroatoms. The number of aryl methyl sites for hydroxylation is 1. The first-order chi connectivity index (χ1) is 13.1. The van der Waals surface area contributed by atoms with Crippen LogP contribution in [0.4, 0.5) is 10.1 Å². The van der Waals surface area contributed by atoms with E-state index in [2.05, 4.69) is 5.32 Å². The van der Waals surface area contributed by atoms with E-state index in [1.807, 2.05) is 17.0 Å². The maximum atomic E-state index is 13.7. The number of likely N-dealkylation sites (tertiary alicyclic amines) is 1. The Morgan fingerprint density at radius 1 is 1.11 bits per heavy atom. The monoisotopic (exact) mass is 370 g/mol. The predicted octanol–water partition coefficient (Wildman–Crippen LogP) is 3.64. The summed E-state index contributed by atoms with van der Waals surface area (Å²) in [5.74, 6) is -0.678. The zero-order valence-corrected chi connectivity index (χ0v) is 15.3. The second-order valence-electron chi connectivity index (χ2n) is 6.59. The number of carbonyl (C=O) groups excluding carboxylic acids is 2. The van der Waals surface area contributed by atoms with Crippen LogP contribution >= 0.6 is 0 Å². The van der Waals surface area contributed by atoms with Crippen LogP contribution in [0.5, 0.6) is 5.75 Å². The van der Waals surface area contributed by atoms with Crippen LogP contribution in [0.25, 0.3) is 0 Å². The maximum Gasteiger partial charge on any atom is 0.255 e. The minimum atomic E-state index is -0.580. The highest BCUT2D eigenvalue weighted by Crippen LogP contribution is 2.19. The van der Waals surface area contributed by atoms with Crippen LogP contribution < -0.4 is 10.1 Å². The van der Waals surface area contributed by atoms with Crippen molar-refractivity contribution in [3.8, 4) is 5.75 Å². The zero-order chi connectivity index (χ0) is 19.2. The highest BCUT2D eigenvalue weighted by atomic mass is 19.1. The van der Waals surface area contributed by atoms with Crippen molar-refractivity contribution in [2.45, 2.75) is 25.7 Å². The average molecular weight is 370 g/mol. The van der Waals surface area contributed by atoms with Gasteiger partial charge in [-0.3, -0.25) is 9.59 Å². The fourth-order valence-corrected chi connectivity index (χ4v) is 3.14. The normalized spacial score (nSPS) is 13.5. The second-order valence-corrected chi connectivity index (χ2v) is 6.59. The molecule has 0 saturated carbocycles. The lowest BCUT2D eigenvalue weighted by Crippen LogP contribution is -2.27. The quantitative estimate of drug-likeness (QED) is 0.845. The molecule has 0 bridgehead atoms. The maximum absolute atomic E-state index is 13.7. The van der Waals surface area contributed by atoms with Crippen LogP contribution in [0.1, 0.15) is 35.2 Å². The molecule has 1 heterocycles. The Bertz CT molecular complexity index is 815. The largest absolute Gasteiger partial charge is 0.494 e. The molecule has 0 spiro atoms. The Labute approximate surface area is 158 Å². The molecule has 3 rings (SSSR count). The Morgan fingerprint density at radius 2 is 1.81 bits per heavy atom. The molecule has 0 unspecified atom stereocenters. The van der Waals surface area contributed by atoms with Crippen LogP contribution in [0.15, 0.2) is 42.5 Å². The number of anilines is 1. The van der Waals surface area contributed by atoms with Gasteiger partial charge in [-0.05, 0) is 55.2 Å². The molecule has 142 valence electrons. The summed E-state index contributed by atoms with van der Waals surface area (Å²) in [6, 6.07) is 11.4. The lowest BCUT2D eigenvalue weighted by atomic mass is 10.1. The van der Waals surface area contributed by atoms with Crippen LogP contribution in [-0.4, -0.2) is 36.9 Å². The van der Waals surface area contributed by atoms with Gasteiger partial charge >= 0.3 is 0 Å². The Hall–Kier alpha value is -2.89. The standard InChI is InChI=1S/C21H23FN2O3/c1-27-19-10-7-16(14-18(19)22)21(26)23-17-8-4-15(5-9-17)6-11-20(25)24-12-2-3-13-24/h4-5,7-10,14H,2-3,6,11-13H2,1H3,(H,23,26). The van der Waals surface area contributed by atoms with E-state index in [0.717, 1.165) is 37.6 Å². The van der Waals surface area contributed by atoms with Crippen molar-refractivity contribution in [1.82, 2.24) is 4.90 Å². The molecule has 0 atom stereocenters. The molecule has 1 fully saturated rings. The molecule has 5 nitrogen and oxygen atoms in total. The number of ether oxygens (including phenoxy) is 1. The topological polar surface area (TPSA) is 58.6 Å². The number of nitrogens with zero attached hydrogens (tertiary/aromatic N) is 1. The summed E-state index contributed by atoms with van der Waals surface area (Å²) in [5, 5.41) is 2.74. The molecule has 1 aliphatic rings. The van der Waals surface area contributed by atoms with Gasteiger partial charge in [-0.25, -0.2) is 4.39 Å². The first-order valence-electron chi connectivity index (χ1n) is 9.08. The third-order valence-corrected chi connectivity index (χ3v) is 4.71. The van der Waals surface area contributed by atoms with E-state index in [4.69, 9.17) is 4.74 Å². The second kappa shape index (κ2) is 8.66. The van der Waals surface area contributed by atoms with Gasteiger partial charge < -0.3 is 15.0 Å². The van der Waals surface area contributed by atoms with Crippen molar-refractivity contribution in [2.75, 3.05) is 25.5 Å². The van der Waals surface area contributed by atoms with E-state index in [0.29, 0.717) is 18.5 Å². The van der Waals surface area contributed by atoms with Crippen LogP contribution in [0.2, 0.25) is 0 Å². The summed E-state index contributed by atoms with van der Waals surface area (Å²) >= 11 is 0. The number of benzene rings is 2. The van der Waals surface area contributed by atoms with Crippen molar-refractivity contribution in [3.63, 3.8) is 0 Å². The number of methoxy groups -OCH3 is 1. The molecule has 1 saturated heterocycles. The highest BCUT2D eigenvalue weighted by Gasteiger charge is 2.17. The molecule has 2 aromatic rings. The predicted molar refractivity (Wildman–Crippen MR) is 101 cm³/mol. The number of nitrogens with one attached hydrogen (secondary N) is 1. The van der Waals surface area contributed by atoms with E-state index < -0.39 is 11.7 Å². The average Bonchev–Trinajstić information content (AvgIpc) is 3.22. The molecular weight excluding hydrogens is 347 g/mol. The van der Waals surface area contributed by atoms with Crippen LogP contribution in [0.3, 0.4) is 0 Å². The molecule has 0 radical (unpaired) electrons. The highest BCUT2D eigenvalue weighted by molar-refractivity contribution is 6.04. The molecule has 2 aromatic carbocycles. The van der Waals surface area contributed by atoms with Gasteiger partial charge in [0.25, 0.3) is 5.91 Å². The molecule has 0 aliphatic carbocycles. The molecular formula is C21H23FN2O3. The Kier molecular flexibility index (Phi) is 6.06.